The quantitative estimate of drug-likeness (QED) is 0.768. The first-order valence-corrected chi connectivity index (χ1v) is 7.97. The molecule has 1 atom stereocenters. The maximum absolute atomic E-state index is 12.0. The van der Waals surface area contributed by atoms with Crippen LogP contribution in [0.1, 0.15) is 27.2 Å². The van der Waals surface area contributed by atoms with Crippen LogP contribution in [0.2, 0.25) is 0 Å². The van der Waals surface area contributed by atoms with Crippen molar-refractivity contribution in [1.82, 2.24) is 14.7 Å². The third-order valence-corrected chi connectivity index (χ3v) is 4.24. The number of nitrogens with zero attached hydrogens (tertiary/aromatic N) is 4. The molecule has 1 aliphatic heterocycles. The Bertz CT molecular complexity index is 392. The number of aliphatic hydroxyl groups excluding tert-OH is 1. The van der Waals surface area contributed by atoms with Gasteiger partial charge < -0.3 is 10.0 Å². The predicted molar refractivity (Wildman–Crippen MR) is 86.2 cm³/mol. The first kappa shape index (κ1) is 18.9. The molecule has 0 aromatic carbocycles. The Kier molecular flexibility index (Phi) is 7.27. The summed E-state index contributed by atoms with van der Waals surface area (Å²) in [7, 11) is 1.75. The molecule has 1 N–H and O–H groups in total. The number of hydrogen-bond acceptors (Lipinski definition) is 5. The summed E-state index contributed by atoms with van der Waals surface area (Å²) in [4.78, 5) is 18.1. The van der Waals surface area contributed by atoms with Crippen LogP contribution in [0.3, 0.4) is 0 Å². The van der Waals surface area contributed by atoms with Crippen LogP contribution in [0.15, 0.2) is 0 Å². The summed E-state index contributed by atoms with van der Waals surface area (Å²) in [6.45, 7) is 11.2. The van der Waals surface area contributed by atoms with E-state index in [4.69, 9.17) is 5.26 Å². The monoisotopic (exact) mass is 310 g/mol. The molecule has 0 spiro atoms. The van der Waals surface area contributed by atoms with E-state index in [0.717, 1.165) is 26.2 Å². The fourth-order valence-corrected chi connectivity index (χ4v) is 2.30. The number of piperazine rings is 1. The number of rotatable bonds is 6. The Morgan fingerprint density at radius 1 is 1.27 bits per heavy atom. The van der Waals surface area contributed by atoms with Gasteiger partial charge in [-0.05, 0) is 5.41 Å². The number of carbonyl (C=O) groups excluding carboxylic acids is 1. The number of β-amino-alcohol motifs (C(OH)–C–C–N with tert-alkyl or cyclic N) is 1. The Balaban J connectivity index is 2.31. The average molecular weight is 310 g/mol. The van der Waals surface area contributed by atoms with E-state index in [2.05, 4.69) is 15.9 Å². The summed E-state index contributed by atoms with van der Waals surface area (Å²) < 4.78 is 0. The third-order valence-electron chi connectivity index (χ3n) is 4.24. The van der Waals surface area contributed by atoms with Gasteiger partial charge in [0.2, 0.25) is 5.91 Å². The molecule has 1 aliphatic rings. The van der Waals surface area contributed by atoms with E-state index in [-0.39, 0.29) is 17.4 Å². The summed E-state index contributed by atoms with van der Waals surface area (Å²) in [6.07, 6.45) is 0.0403. The van der Waals surface area contributed by atoms with Gasteiger partial charge in [-0.1, -0.05) is 20.8 Å². The van der Waals surface area contributed by atoms with Crippen molar-refractivity contribution >= 4 is 5.91 Å². The molecule has 0 aliphatic carbocycles. The molecule has 1 fully saturated rings. The lowest BCUT2D eigenvalue weighted by Gasteiger charge is -2.38. The van der Waals surface area contributed by atoms with Gasteiger partial charge in [0.15, 0.2) is 0 Å². The molecule has 0 radical (unpaired) electrons. The zero-order valence-electron chi connectivity index (χ0n) is 14.4. The minimum atomic E-state index is -0.335. The number of nitriles is 1. The Hall–Kier alpha value is -1.16. The lowest BCUT2D eigenvalue weighted by atomic mass is 9.89. The fourth-order valence-electron chi connectivity index (χ4n) is 2.30. The second-order valence-electron chi connectivity index (χ2n) is 7.18. The van der Waals surface area contributed by atoms with Crippen molar-refractivity contribution in [3.63, 3.8) is 0 Å². The summed E-state index contributed by atoms with van der Waals surface area (Å²) in [5.74, 6) is 0.0680. The largest absolute Gasteiger partial charge is 0.391 e. The highest BCUT2D eigenvalue weighted by atomic mass is 16.3. The maximum Gasteiger partial charge on any atom is 0.236 e. The smallest absolute Gasteiger partial charge is 0.236 e. The number of amides is 1. The molecule has 1 unspecified atom stereocenters. The van der Waals surface area contributed by atoms with Crippen LogP contribution in [-0.4, -0.2) is 84.7 Å². The van der Waals surface area contributed by atoms with Gasteiger partial charge in [0.25, 0.3) is 0 Å². The van der Waals surface area contributed by atoms with Crippen LogP contribution in [-0.2, 0) is 4.79 Å². The lowest BCUT2D eigenvalue weighted by Crippen LogP contribution is -2.52. The Morgan fingerprint density at radius 2 is 1.82 bits per heavy atom. The van der Waals surface area contributed by atoms with Crippen molar-refractivity contribution in [1.29, 1.82) is 5.26 Å². The molecule has 1 amide bonds. The van der Waals surface area contributed by atoms with Crippen LogP contribution in [0.4, 0.5) is 0 Å². The minimum absolute atomic E-state index is 0.0680. The van der Waals surface area contributed by atoms with E-state index in [9.17, 15) is 9.90 Å². The van der Waals surface area contributed by atoms with E-state index in [1.807, 2.05) is 20.8 Å². The van der Waals surface area contributed by atoms with Crippen molar-refractivity contribution in [3.8, 4) is 6.07 Å². The van der Waals surface area contributed by atoms with Crippen molar-refractivity contribution in [3.05, 3.63) is 0 Å². The summed E-state index contributed by atoms with van der Waals surface area (Å²) in [5.41, 5.74) is -0.101. The highest BCUT2D eigenvalue weighted by Crippen LogP contribution is 2.20. The van der Waals surface area contributed by atoms with Gasteiger partial charge in [0, 0.05) is 46.3 Å². The first-order chi connectivity index (χ1) is 10.2. The topological polar surface area (TPSA) is 70.8 Å². The number of hydrogen-bond donors (Lipinski definition) is 1. The van der Waals surface area contributed by atoms with Gasteiger partial charge in [0.1, 0.15) is 0 Å². The molecule has 6 heteroatoms. The van der Waals surface area contributed by atoms with Crippen molar-refractivity contribution in [2.75, 3.05) is 52.9 Å². The maximum atomic E-state index is 12.0. The molecule has 0 aromatic rings. The summed E-state index contributed by atoms with van der Waals surface area (Å²) >= 11 is 0. The fraction of sp³-hybridized carbons (Fsp3) is 0.875. The second kappa shape index (κ2) is 8.47. The molecule has 22 heavy (non-hydrogen) atoms. The molecule has 126 valence electrons. The zero-order valence-corrected chi connectivity index (χ0v) is 14.4. The molecule has 0 saturated carbocycles. The SMILES string of the molecule is CN(CCC#N)C(=O)CN1CCN(CC(O)C(C)(C)C)CC1. The molecule has 1 heterocycles. The molecule has 1 rings (SSSR count). The summed E-state index contributed by atoms with van der Waals surface area (Å²) in [5, 5.41) is 18.7. The lowest BCUT2D eigenvalue weighted by molar-refractivity contribution is -0.131. The van der Waals surface area contributed by atoms with Crippen molar-refractivity contribution < 1.29 is 9.90 Å². The van der Waals surface area contributed by atoms with Gasteiger partial charge in [-0.2, -0.15) is 5.26 Å². The van der Waals surface area contributed by atoms with E-state index >= 15 is 0 Å². The molecule has 6 nitrogen and oxygen atoms in total. The second-order valence-corrected chi connectivity index (χ2v) is 7.18. The Labute approximate surface area is 134 Å². The van der Waals surface area contributed by atoms with Crippen LogP contribution in [0.5, 0.6) is 0 Å². The van der Waals surface area contributed by atoms with Crippen LogP contribution < -0.4 is 0 Å². The normalized spacial score (nSPS) is 18.7. The van der Waals surface area contributed by atoms with Gasteiger partial charge in [0.05, 0.1) is 25.1 Å². The molecule has 1 saturated heterocycles. The van der Waals surface area contributed by atoms with Gasteiger partial charge >= 0.3 is 0 Å². The predicted octanol–water partition coefficient (Wildman–Crippen LogP) is 0.383. The summed E-state index contributed by atoms with van der Waals surface area (Å²) in [6, 6.07) is 2.06. The zero-order chi connectivity index (χ0) is 16.8. The van der Waals surface area contributed by atoms with E-state index < -0.39 is 0 Å². The van der Waals surface area contributed by atoms with Crippen LogP contribution in [0, 0.1) is 16.7 Å². The minimum Gasteiger partial charge on any atom is -0.391 e. The van der Waals surface area contributed by atoms with Crippen molar-refractivity contribution in [2.45, 2.75) is 33.3 Å². The van der Waals surface area contributed by atoms with E-state index in [1.54, 1.807) is 11.9 Å². The number of likely N-dealkylation sites (N-methyl/N-ethyl adjacent to an activating group) is 1. The van der Waals surface area contributed by atoms with E-state index in [1.165, 1.54) is 0 Å². The van der Waals surface area contributed by atoms with Gasteiger partial charge in [-0.3, -0.25) is 14.6 Å². The average Bonchev–Trinajstić information content (AvgIpc) is 2.45. The van der Waals surface area contributed by atoms with E-state index in [0.29, 0.717) is 26.1 Å². The first-order valence-electron chi connectivity index (χ1n) is 7.97. The molecular formula is C16H30N4O2. The Morgan fingerprint density at radius 3 is 2.32 bits per heavy atom. The highest BCUT2D eigenvalue weighted by molar-refractivity contribution is 5.78. The van der Waals surface area contributed by atoms with Gasteiger partial charge in [-0.15, -0.1) is 0 Å². The van der Waals surface area contributed by atoms with Crippen LogP contribution in [0.25, 0.3) is 0 Å². The third kappa shape index (κ3) is 6.30. The standard InChI is InChI=1S/C16H30N4O2/c1-16(2,3)14(21)12-19-8-10-20(11-9-19)13-15(22)18(4)7-5-6-17/h14,21H,5,7-13H2,1-4H3. The number of carbonyl (C=O) groups is 1. The molecule has 0 aromatic heterocycles. The molecule has 0 bridgehead atoms. The number of aliphatic hydroxyl groups is 1. The van der Waals surface area contributed by atoms with Crippen molar-refractivity contribution in [2.24, 2.45) is 5.41 Å². The highest BCUT2D eigenvalue weighted by Gasteiger charge is 2.27. The van der Waals surface area contributed by atoms with Gasteiger partial charge in [-0.25, -0.2) is 0 Å². The van der Waals surface area contributed by atoms with Crippen LogP contribution >= 0.6 is 0 Å². The molecular weight excluding hydrogens is 280 g/mol.